The zero-order valence-corrected chi connectivity index (χ0v) is 15.7. The monoisotopic (exact) mass is 363 g/mol. The fourth-order valence-electron chi connectivity index (χ4n) is 2.47. The fourth-order valence-corrected chi connectivity index (χ4v) is 2.77. The minimum atomic E-state index is -0.319. The van der Waals surface area contributed by atoms with Crippen LogP contribution in [0.3, 0.4) is 0 Å². The first-order valence-corrected chi connectivity index (χ1v) is 8.57. The van der Waals surface area contributed by atoms with Crippen molar-refractivity contribution in [3.8, 4) is 0 Å². The van der Waals surface area contributed by atoms with E-state index in [4.69, 9.17) is 11.6 Å². The summed E-state index contributed by atoms with van der Waals surface area (Å²) in [5.41, 5.74) is 1.98. The molecule has 1 aromatic heterocycles. The van der Waals surface area contributed by atoms with Gasteiger partial charge in [0.1, 0.15) is 11.0 Å². The second-order valence-electron chi connectivity index (χ2n) is 6.48. The van der Waals surface area contributed by atoms with E-state index in [2.05, 4.69) is 18.9 Å². The molecule has 0 N–H and O–H groups in total. The molecule has 0 radical (unpaired) electrons. The van der Waals surface area contributed by atoms with Gasteiger partial charge in [0.2, 0.25) is 5.91 Å². The smallest absolute Gasteiger partial charge is 0.246 e. The second kappa shape index (κ2) is 8.30. The molecule has 2 rings (SSSR count). The Morgan fingerprint density at radius 1 is 1.40 bits per heavy atom. The molecule has 0 aliphatic carbocycles. The molecule has 1 amide bonds. The van der Waals surface area contributed by atoms with E-state index in [1.54, 1.807) is 36.0 Å². The summed E-state index contributed by atoms with van der Waals surface area (Å²) in [6.45, 7) is 6.95. The molecule has 25 heavy (non-hydrogen) atoms. The number of carbonyl (C=O) groups is 1. The van der Waals surface area contributed by atoms with E-state index in [0.29, 0.717) is 23.2 Å². The van der Waals surface area contributed by atoms with Crippen LogP contribution in [-0.4, -0.2) is 27.6 Å². The number of carbonyl (C=O) groups excluding carboxylic acids is 1. The van der Waals surface area contributed by atoms with E-state index in [9.17, 15) is 9.18 Å². The van der Waals surface area contributed by atoms with E-state index in [-0.39, 0.29) is 18.3 Å². The lowest BCUT2D eigenvalue weighted by atomic mass is 10.2. The quantitative estimate of drug-likeness (QED) is 0.717. The van der Waals surface area contributed by atoms with Gasteiger partial charge in [-0.3, -0.25) is 9.48 Å². The molecular formula is C19H23ClFN3O. The standard InChI is InChI=1S/C19H23ClFN3O/c1-13(2)11-24-19(20)16(14(3)22-24)9-10-18(25)23(4)12-15-7-5-6-8-17(15)21/h5-10,13H,11-12H2,1-4H3/b10-9+. The van der Waals surface area contributed by atoms with Crippen LogP contribution in [0.5, 0.6) is 0 Å². The summed E-state index contributed by atoms with van der Waals surface area (Å²) in [5.74, 6) is -0.127. The SMILES string of the molecule is Cc1nn(CC(C)C)c(Cl)c1/C=C/C(=O)N(C)Cc1ccccc1F. The second-order valence-corrected chi connectivity index (χ2v) is 6.84. The van der Waals surface area contributed by atoms with Crippen molar-refractivity contribution in [2.24, 2.45) is 5.92 Å². The average molecular weight is 364 g/mol. The van der Waals surface area contributed by atoms with Gasteiger partial charge in [-0.2, -0.15) is 5.10 Å². The number of hydrogen-bond donors (Lipinski definition) is 0. The number of likely N-dealkylation sites (N-methyl/N-ethyl adjacent to an activating group) is 1. The molecule has 0 fully saturated rings. The minimum absolute atomic E-state index is 0.204. The number of halogens is 2. The van der Waals surface area contributed by atoms with Crippen LogP contribution in [0.2, 0.25) is 5.15 Å². The third-order valence-electron chi connectivity index (χ3n) is 3.78. The highest BCUT2D eigenvalue weighted by Gasteiger charge is 2.13. The van der Waals surface area contributed by atoms with Crippen molar-refractivity contribution in [3.05, 3.63) is 58.1 Å². The van der Waals surface area contributed by atoms with Crippen LogP contribution in [0.4, 0.5) is 4.39 Å². The first-order chi connectivity index (χ1) is 11.8. The number of rotatable bonds is 6. The van der Waals surface area contributed by atoms with E-state index in [1.807, 2.05) is 6.92 Å². The molecule has 134 valence electrons. The summed E-state index contributed by atoms with van der Waals surface area (Å²) in [6, 6.07) is 6.43. The van der Waals surface area contributed by atoms with Gasteiger partial charge in [0.15, 0.2) is 0 Å². The van der Waals surface area contributed by atoms with Crippen LogP contribution >= 0.6 is 11.6 Å². The molecule has 0 atom stereocenters. The molecule has 0 aliphatic rings. The highest BCUT2D eigenvalue weighted by Crippen LogP contribution is 2.22. The number of benzene rings is 1. The highest BCUT2D eigenvalue weighted by molar-refractivity contribution is 6.31. The Kier molecular flexibility index (Phi) is 6.37. The maximum absolute atomic E-state index is 13.7. The number of hydrogen-bond acceptors (Lipinski definition) is 2. The maximum Gasteiger partial charge on any atom is 0.246 e. The third-order valence-corrected chi connectivity index (χ3v) is 4.18. The predicted octanol–water partition coefficient (Wildman–Crippen LogP) is 4.31. The molecule has 0 unspecified atom stereocenters. The van der Waals surface area contributed by atoms with Crippen molar-refractivity contribution in [3.63, 3.8) is 0 Å². The number of aryl methyl sites for hydroxylation is 1. The summed E-state index contributed by atoms with van der Waals surface area (Å²) in [6.07, 6.45) is 3.11. The average Bonchev–Trinajstić information content (AvgIpc) is 2.80. The molecule has 0 saturated carbocycles. The largest absolute Gasteiger partial charge is 0.338 e. The summed E-state index contributed by atoms with van der Waals surface area (Å²) in [5, 5.41) is 4.93. The van der Waals surface area contributed by atoms with Crippen LogP contribution < -0.4 is 0 Å². The van der Waals surface area contributed by atoms with Crippen molar-refractivity contribution in [1.82, 2.24) is 14.7 Å². The number of aromatic nitrogens is 2. The Labute approximate surface area is 152 Å². The van der Waals surface area contributed by atoms with Crippen molar-refractivity contribution < 1.29 is 9.18 Å². The van der Waals surface area contributed by atoms with Crippen LogP contribution in [0, 0.1) is 18.7 Å². The first-order valence-electron chi connectivity index (χ1n) is 8.19. The first kappa shape index (κ1) is 19.2. The van der Waals surface area contributed by atoms with Crippen molar-refractivity contribution in [2.75, 3.05) is 7.05 Å². The molecule has 1 heterocycles. The zero-order chi connectivity index (χ0) is 18.6. The topological polar surface area (TPSA) is 38.1 Å². The molecule has 4 nitrogen and oxygen atoms in total. The van der Waals surface area contributed by atoms with Crippen molar-refractivity contribution >= 4 is 23.6 Å². The van der Waals surface area contributed by atoms with E-state index in [0.717, 1.165) is 11.3 Å². The Balaban J connectivity index is 2.09. The summed E-state index contributed by atoms with van der Waals surface area (Å²) < 4.78 is 15.4. The molecule has 0 aliphatic heterocycles. The lowest BCUT2D eigenvalue weighted by Gasteiger charge is -2.15. The van der Waals surface area contributed by atoms with Gasteiger partial charge < -0.3 is 4.90 Å². The fraction of sp³-hybridized carbons (Fsp3) is 0.368. The van der Waals surface area contributed by atoms with E-state index in [1.165, 1.54) is 17.0 Å². The maximum atomic E-state index is 13.7. The zero-order valence-electron chi connectivity index (χ0n) is 15.0. The molecule has 6 heteroatoms. The summed E-state index contributed by atoms with van der Waals surface area (Å²) >= 11 is 6.36. The van der Waals surface area contributed by atoms with Gasteiger partial charge in [0.05, 0.1) is 5.69 Å². The lowest BCUT2D eigenvalue weighted by molar-refractivity contribution is -0.125. The Morgan fingerprint density at radius 2 is 2.08 bits per heavy atom. The van der Waals surface area contributed by atoms with Crippen LogP contribution in [0.15, 0.2) is 30.3 Å². The molecule has 1 aromatic carbocycles. The molecule has 0 saturated heterocycles. The van der Waals surface area contributed by atoms with Gasteiger partial charge in [0.25, 0.3) is 0 Å². The Bertz CT molecular complexity index is 783. The minimum Gasteiger partial charge on any atom is -0.338 e. The lowest BCUT2D eigenvalue weighted by Crippen LogP contribution is -2.24. The van der Waals surface area contributed by atoms with Crippen molar-refractivity contribution in [2.45, 2.75) is 33.9 Å². The Morgan fingerprint density at radius 3 is 2.72 bits per heavy atom. The normalized spacial score (nSPS) is 11.5. The molecular weight excluding hydrogens is 341 g/mol. The van der Waals surface area contributed by atoms with Gasteiger partial charge in [0, 0.05) is 37.3 Å². The van der Waals surface area contributed by atoms with Crippen LogP contribution in [0.25, 0.3) is 6.08 Å². The van der Waals surface area contributed by atoms with E-state index >= 15 is 0 Å². The van der Waals surface area contributed by atoms with Gasteiger partial charge in [-0.1, -0.05) is 43.6 Å². The van der Waals surface area contributed by atoms with Gasteiger partial charge in [-0.05, 0) is 25.0 Å². The summed E-state index contributed by atoms with van der Waals surface area (Å²) in [4.78, 5) is 13.7. The third kappa shape index (κ3) is 4.92. The molecule has 0 bridgehead atoms. The number of nitrogens with zero attached hydrogens (tertiary/aromatic N) is 3. The van der Waals surface area contributed by atoms with Crippen LogP contribution in [-0.2, 0) is 17.9 Å². The summed E-state index contributed by atoms with van der Waals surface area (Å²) in [7, 11) is 1.63. The number of amides is 1. The Hall–Kier alpha value is -2.14. The van der Waals surface area contributed by atoms with Gasteiger partial charge >= 0.3 is 0 Å². The van der Waals surface area contributed by atoms with Crippen molar-refractivity contribution in [1.29, 1.82) is 0 Å². The van der Waals surface area contributed by atoms with E-state index < -0.39 is 0 Å². The molecule has 2 aromatic rings. The van der Waals surface area contributed by atoms with Crippen LogP contribution in [0.1, 0.15) is 30.7 Å². The van der Waals surface area contributed by atoms with Gasteiger partial charge in [-0.15, -0.1) is 0 Å². The predicted molar refractivity (Wildman–Crippen MR) is 98.7 cm³/mol. The van der Waals surface area contributed by atoms with Gasteiger partial charge in [-0.25, -0.2) is 4.39 Å². The molecule has 0 spiro atoms. The highest BCUT2D eigenvalue weighted by atomic mass is 35.5.